The van der Waals surface area contributed by atoms with Crippen LogP contribution in [0, 0.1) is 51.8 Å². The van der Waals surface area contributed by atoms with Gasteiger partial charge < -0.3 is 19.7 Å². The number of rotatable bonds is 5. The molecule has 12 atom stereocenters. The van der Waals surface area contributed by atoms with E-state index >= 15 is 0 Å². The zero-order valence-electron chi connectivity index (χ0n) is 25.8. The van der Waals surface area contributed by atoms with Crippen LogP contribution in [0.3, 0.4) is 0 Å². The molecule has 2 saturated heterocycles. The third kappa shape index (κ3) is 4.06. The maximum absolute atomic E-state index is 12.6. The number of fused-ring (bicyclic) bond motifs is 7. The minimum absolute atomic E-state index is 0.00939. The highest BCUT2D eigenvalue weighted by Gasteiger charge is 2.75. The molecule has 6 fully saturated rings. The highest BCUT2D eigenvalue weighted by molar-refractivity contribution is 5.76. The molecule has 1 amide bonds. The fraction of sp³-hybridized carbons (Fsp3) is 0.912. The van der Waals surface area contributed by atoms with Gasteiger partial charge in [0.1, 0.15) is 0 Å². The highest BCUT2D eigenvalue weighted by Crippen LogP contribution is 2.76. The molecular formula is C34H56N2O3. The van der Waals surface area contributed by atoms with Crippen LogP contribution in [0.4, 0.5) is 0 Å². The zero-order chi connectivity index (χ0) is 27.8. The molecule has 39 heavy (non-hydrogen) atoms. The summed E-state index contributed by atoms with van der Waals surface area (Å²) in [6, 6.07) is 0.363. The van der Waals surface area contributed by atoms with E-state index in [1.54, 1.807) is 0 Å². The minimum atomic E-state index is -0.408. The number of carbonyl (C=O) groups is 1. The lowest BCUT2D eigenvalue weighted by Gasteiger charge is -2.62. The number of hydrogen-bond donors (Lipinski definition) is 1. The maximum Gasteiger partial charge on any atom is 0.221 e. The Kier molecular flexibility index (Phi) is 7.12. The molecule has 220 valence electrons. The van der Waals surface area contributed by atoms with Gasteiger partial charge in [-0.25, -0.2) is 0 Å². The van der Waals surface area contributed by atoms with E-state index in [-0.39, 0.29) is 22.8 Å². The first kappa shape index (κ1) is 28.2. The van der Waals surface area contributed by atoms with E-state index in [2.05, 4.69) is 50.6 Å². The van der Waals surface area contributed by atoms with Gasteiger partial charge in [0.25, 0.3) is 0 Å². The van der Waals surface area contributed by atoms with Crippen molar-refractivity contribution in [3.05, 3.63) is 12.7 Å². The number of ether oxygens (including phenoxy) is 2. The Balaban J connectivity index is 1.18. The Morgan fingerprint density at radius 1 is 1.03 bits per heavy atom. The van der Waals surface area contributed by atoms with Crippen LogP contribution in [0.2, 0.25) is 0 Å². The fourth-order valence-corrected chi connectivity index (χ4v) is 11.6. The number of carbonyl (C=O) groups excluding carboxylic acids is 1. The smallest absolute Gasteiger partial charge is 0.221 e. The van der Waals surface area contributed by atoms with Gasteiger partial charge in [-0.3, -0.25) is 4.79 Å². The summed E-state index contributed by atoms with van der Waals surface area (Å²) in [6.45, 7) is 16.2. The summed E-state index contributed by atoms with van der Waals surface area (Å²) in [4.78, 5) is 14.7. The van der Waals surface area contributed by atoms with Crippen molar-refractivity contribution >= 4 is 5.91 Å². The topological polar surface area (TPSA) is 50.8 Å². The molecule has 0 radical (unpaired) electrons. The van der Waals surface area contributed by atoms with Crippen molar-refractivity contribution in [2.24, 2.45) is 51.8 Å². The second-order valence-electron chi connectivity index (χ2n) is 15.7. The lowest BCUT2D eigenvalue weighted by Crippen LogP contribution is -2.58. The maximum atomic E-state index is 12.6. The largest absolute Gasteiger partial charge is 0.353 e. The Hall–Kier alpha value is -0.910. The van der Waals surface area contributed by atoms with Crippen molar-refractivity contribution in [2.75, 3.05) is 27.2 Å². The van der Waals surface area contributed by atoms with Gasteiger partial charge in [-0.2, -0.15) is 0 Å². The molecule has 1 unspecified atom stereocenters. The molecule has 5 heteroatoms. The second-order valence-corrected chi connectivity index (χ2v) is 15.7. The van der Waals surface area contributed by atoms with E-state index < -0.39 is 5.79 Å². The third-order valence-corrected chi connectivity index (χ3v) is 13.9. The van der Waals surface area contributed by atoms with Gasteiger partial charge >= 0.3 is 0 Å². The fourth-order valence-electron chi connectivity index (χ4n) is 11.6. The first-order valence-corrected chi connectivity index (χ1v) is 16.4. The van der Waals surface area contributed by atoms with Crippen LogP contribution in [0.25, 0.3) is 0 Å². The molecule has 4 aliphatic carbocycles. The highest BCUT2D eigenvalue weighted by atomic mass is 16.7. The molecule has 1 N–H and O–H groups in total. The molecule has 2 aliphatic heterocycles. The predicted octanol–water partition coefficient (Wildman–Crippen LogP) is 6.43. The monoisotopic (exact) mass is 540 g/mol. The van der Waals surface area contributed by atoms with Crippen molar-refractivity contribution in [1.82, 2.24) is 10.2 Å². The number of nitrogens with one attached hydrogen (secondary N) is 1. The van der Waals surface area contributed by atoms with Gasteiger partial charge in [-0.05, 0) is 112 Å². The normalized spacial score (nSPS) is 52.6. The molecule has 0 aromatic heterocycles. The molecular weight excluding hydrogens is 484 g/mol. The molecule has 0 aromatic rings. The summed E-state index contributed by atoms with van der Waals surface area (Å²) >= 11 is 0. The van der Waals surface area contributed by atoms with Gasteiger partial charge in [0.15, 0.2) is 5.79 Å². The SMILES string of the molecule is C=C[C@]12[C@H](C[C@H]3[C@@H]4CC[C@@H]5CC(NC(=O)CCN(C)C)CC[C@]5(C)[C@H]4CC[C@@]31C)O[C@]1(CC[C@H](C)CO1)[C@H]2C. The zero-order valence-corrected chi connectivity index (χ0v) is 25.8. The molecule has 0 aromatic carbocycles. The first-order chi connectivity index (χ1) is 18.5. The number of amides is 1. The summed E-state index contributed by atoms with van der Waals surface area (Å²) < 4.78 is 13.7. The Morgan fingerprint density at radius 2 is 1.82 bits per heavy atom. The first-order valence-electron chi connectivity index (χ1n) is 16.4. The van der Waals surface area contributed by atoms with Gasteiger partial charge in [-0.1, -0.05) is 33.8 Å². The van der Waals surface area contributed by atoms with Gasteiger partial charge in [0, 0.05) is 36.8 Å². The summed E-state index contributed by atoms with van der Waals surface area (Å²) in [7, 11) is 4.08. The van der Waals surface area contributed by atoms with Crippen molar-refractivity contribution in [1.29, 1.82) is 0 Å². The predicted molar refractivity (Wildman–Crippen MR) is 156 cm³/mol. The molecule has 6 aliphatic rings. The van der Waals surface area contributed by atoms with Crippen LogP contribution >= 0.6 is 0 Å². The van der Waals surface area contributed by atoms with E-state index in [9.17, 15) is 4.79 Å². The number of hydrogen-bond acceptors (Lipinski definition) is 4. The van der Waals surface area contributed by atoms with E-state index in [4.69, 9.17) is 9.47 Å². The Morgan fingerprint density at radius 3 is 2.51 bits per heavy atom. The van der Waals surface area contributed by atoms with Crippen LogP contribution in [-0.4, -0.2) is 56.0 Å². The summed E-state index contributed by atoms with van der Waals surface area (Å²) in [5, 5.41) is 3.41. The third-order valence-electron chi connectivity index (χ3n) is 13.9. The van der Waals surface area contributed by atoms with Crippen LogP contribution in [0.15, 0.2) is 12.7 Å². The molecule has 4 saturated carbocycles. The van der Waals surface area contributed by atoms with E-state index in [1.807, 2.05) is 14.1 Å². The quantitative estimate of drug-likeness (QED) is 0.409. The average molecular weight is 541 g/mol. The molecule has 6 rings (SSSR count). The molecule has 1 spiro atoms. The van der Waals surface area contributed by atoms with Gasteiger partial charge in [0.2, 0.25) is 5.91 Å². The standard InChI is InChI=1S/C34H56N2O3/c1-8-33-23(3)34(17-11-22(2)21-38-34)39-29(33)20-28-26-10-9-24-19-25(35-30(37)14-18-36(6)7)12-15-31(24,4)27(26)13-16-32(28,33)5/h8,22-29H,1,9-21H2,2-7H3,(H,35,37)/t22-,23-,24+,25?,26+,27-,28-,29-,31-,32-,33-,34+/m0/s1. The van der Waals surface area contributed by atoms with Crippen molar-refractivity contribution in [3.63, 3.8) is 0 Å². The molecule has 0 bridgehead atoms. The molecule has 5 nitrogen and oxygen atoms in total. The Labute approximate surface area is 238 Å². The van der Waals surface area contributed by atoms with Crippen LogP contribution in [-0.2, 0) is 14.3 Å². The van der Waals surface area contributed by atoms with E-state index in [1.165, 1.54) is 51.4 Å². The summed E-state index contributed by atoms with van der Waals surface area (Å²) in [5.74, 6) is 3.84. The average Bonchev–Trinajstić information content (AvgIpc) is 3.29. The number of nitrogens with zero attached hydrogens (tertiary/aromatic N) is 1. The van der Waals surface area contributed by atoms with Crippen LogP contribution in [0.5, 0.6) is 0 Å². The van der Waals surface area contributed by atoms with Crippen molar-refractivity contribution < 1.29 is 14.3 Å². The van der Waals surface area contributed by atoms with Crippen molar-refractivity contribution in [2.45, 2.75) is 116 Å². The van der Waals surface area contributed by atoms with Gasteiger partial charge in [-0.15, -0.1) is 6.58 Å². The van der Waals surface area contributed by atoms with Crippen LogP contribution in [0.1, 0.15) is 98.3 Å². The van der Waals surface area contributed by atoms with Crippen LogP contribution < -0.4 is 5.32 Å². The second kappa shape index (κ2) is 9.83. The summed E-state index contributed by atoms with van der Waals surface area (Å²) in [5.41, 5.74) is 0.649. The Bertz CT molecular complexity index is 958. The van der Waals surface area contributed by atoms with Gasteiger partial charge in [0.05, 0.1) is 12.7 Å². The minimum Gasteiger partial charge on any atom is -0.353 e. The van der Waals surface area contributed by atoms with Crippen molar-refractivity contribution in [3.8, 4) is 0 Å². The lowest BCUT2D eigenvalue weighted by molar-refractivity contribution is -0.273. The van der Waals surface area contributed by atoms with E-state index in [0.717, 1.165) is 43.7 Å². The summed E-state index contributed by atoms with van der Waals surface area (Å²) in [6.07, 6.45) is 15.5. The molecule has 2 heterocycles. The van der Waals surface area contributed by atoms with E-state index in [0.29, 0.717) is 35.6 Å². The lowest BCUT2D eigenvalue weighted by atomic mass is 9.42.